The lowest BCUT2D eigenvalue weighted by molar-refractivity contribution is -0.121. The number of nitrogens with zero attached hydrogens (tertiary/aromatic N) is 1. The molecule has 0 spiro atoms. The minimum Gasteiger partial charge on any atom is -0.497 e. The molecule has 2 aromatic carbocycles. The molecular formula is C26H33FN2O3. The highest BCUT2D eigenvalue weighted by Gasteiger charge is 2.20. The maximum Gasteiger partial charge on any atom is 0.220 e. The maximum atomic E-state index is 13.0. The molecule has 0 radical (unpaired) electrons. The van der Waals surface area contributed by atoms with Gasteiger partial charge >= 0.3 is 0 Å². The molecule has 1 aliphatic rings. The van der Waals surface area contributed by atoms with Crippen LogP contribution < -0.4 is 14.8 Å². The molecule has 1 aliphatic heterocycles. The third kappa shape index (κ3) is 7.38. The van der Waals surface area contributed by atoms with Gasteiger partial charge in [-0.25, -0.2) is 4.39 Å². The lowest BCUT2D eigenvalue weighted by Gasteiger charge is -2.31. The number of carbonyl (C=O) groups is 1. The highest BCUT2D eigenvalue weighted by atomic mass is 19.1. The molecule has 0 aliphatic carbocycles. The van der Waals surface area contributed by atoms with Crippen molar-refractivity contribution in [1.29, 1.82) is 0 Å². The molecule has 3 rings (SSSR count). The predicted octanol–water partition coefficient (Wildman–Crippen LogP) is 4.66. The minimum atomic E-state index is -0.215. The zero-order chi connectivity index (χ0) is 22.8. The predicted molar refractivity (Wildman–Crippen MR) is 125 cm³/mol. The van der Waals surface area contributed by atoms with Crippen molar-refractivity contribution in [1.82, 2.24) is 10.2 Å². The van der Waals surface area contributed by atoms with Gasteiger partial charge in [0.2, 0.25) is 5.91 Å². The third-order valence-corrected chi connectivity index (χ3v) is 5.90. The van der Waals surface area contributed by atoms with Crippen molar-refractivity contribution in [3.63, 3.8) is 0 Å². The number of ether oxygens (including phenoxy) is 2. The van der Waals surface area contributed by atoms with E-state index in [1.807, 2.05) is 24.3 Å². The lowest BCUT2D eigenvalue weighted by atomic mass is 9.93. The van der Waals surface area contributed by atoms with Gasteiger partial charge in [0.05, 0.1) is 14.2 Å². The Morgan fingerprint density at radius 1 is 1.19 bits per heavy atom. The molecular weight excluding hydrogens is 407 g/mol. The van der Waals surface area contributed by atoms with Gasteiger partial charge in [0, 0.05) is 37.7 Å². The highest BCUT2D eigenvalue weighted by molar-refractivity contribution is 5.76. The fourth-order valence-electron chi connectivity index (χ4n) is 4.08. The molecule has 6 heteroatoms. The molecule has 1 fully saturated rings. The van der Waals surface area contributed by atoms with Crippen LogP contribution in [0.25, 0.3) is 6.08 Å². The first-order valence-electron chi connectivity index (χ1n) is 11.2. The quantitative estimate of drug-likeness (QED) is 0.584. The monoisotopic (exact) mass is 440 g/mol. The molecule has 0 unspecified atom stereocenters. The van der Waals surface area contributed by atoms with Gasteiger partial charge in [0.25, 0.3) is 0 Å². The van der Waals surface area contributed by atoms with Crippen molar-refractivity contribution < 1.29 is 18.7 Å². The number of hydrogen-bond donors (Lipinski definition) is 1. The van der Waals surface area contributed by atoms with Gasteiger partial charge in [-0.2, -0.15) is 0 Å². The van der Waals surface area contributed by atoms with E-state index in [4.69, 9.17) is 9.47 Å². The van der Waals surface area contributed by atoms with Crippen molar-refractivity contribution in [2.24, 2.45) is 5.92 Å². The SMILES string of the molecule is COc1ccc(CNC(=O)CC[C@@H]2CCCN(C/C=C/c3ccc(F)cc3)C2)c(OC)c1. The number of methoxy groups -OCH3 is 2. The number of likely N-dealkylation sites (tertiary alicyclic amines) is 1. The first-order chi connectivity index (χ1) is 15.6. The van der Waals surface area contributed by atoms with Gasteiger partial charge in [-0.3, -0.25) is 9.69 Å². The number of benzene rings is 2. The van der Waals surface area contributed by atoms with Gasteiger partial charge in [0.15, 0.2) is 0 Å². The Bertz CT molecular complexity index is 898. The van der Waals surface area contributed by atoms with Gasteiger partial charge in [-0.05, 0) is 61.6 Å². The first kappa shape index (κ1) is 23.8. The summed E-state index contributed by atoms with van der Waals surface area (Å²) >= 11 is 0. The van der Waals surface area contributed by atoms with E-state index in [9.17, 15) is 9.18 Å². The third-order valence-electron chi connectivity index (χ3n) is 5.90. The summed E-state index contributed by atoms with van der Waals surface area (Å²) in [5.41, 5.74) is 1.93. The van der Waals surface area contributed by atoms with Crippen molar-refractivity contribution in [3.8, 4) is 11.5 Å². The second-order valence-electron chi connectivity index (χ2n) is 8.21. The van der Waals surface area contributed by atoms with Crippen LogP contribution in [0.2, 0.25) is 0 Å². The van der Waals surface area contributed by atoms with Crippen LogP contribution in [-0.2, 0) is 11.3 Å². The maximum absolute atomic E-state index is 13.0. The number of piperidine rings is 1. The fraction of sp³-hybridized carbons (Fsp3) is 0.423. The van der Waals surface area contributed by atoms with Crippen molar-refractivity contribution in [3.05, 3.63) is 65.5 Å². The van der Waals surface area contributed by atoms with E-state index in [0.717, 1.165) is 55.8 Å². The van der Waals surface area contributed by atoms with E-state index in [0.29, 0.717) is 24.6 Å². The smallest absolute Gasteiger partial charge is 0.220 e. The van der Waals surface area contributed by atoms with Crippen LogP contribution in [0.15, 0.2) is 48.5 Å². The number of amides is 1. The second kappa shape index (κ2) is 12.2. The summed E-state index contributed by atoms with van der Waals surface area (Å²) in [6.45, 7) is 3.40. The average Bonchev–Trinajstić information content (AvgIpc) is 2.82. The highest BCUT2D eigenvalue weighted by Crippen LogP contribution is 2.25. The average molecular weight is 441 g/mol. The van der Waals surface area contributed by atoms with Crippen molar-refractivity contribution in [2.75, 3.05) is 33.9 Å². The Labute approximate surface area is 190 Å². The van der Waals surface area contributed by atoms with Crippen LogP contribution in [0.4, 0.5) is 4.39 Å². The Kier molecular flexibility index (Phi) is 9.11. The van der Waals surface area contributed by atoms with Gasteiger partial charge in [0.1, 0.15) is 17.3 Å². The van der Waals surface area contributed by atoms with E-state index < -0.39 is 0 Å². The van der Waals surface area contributed by atoms with Gasteiger partial charge in [-0.1, -0.05) is 24.3 Å². The molecule has 1 amide bonds. The zero-order valence-corrected chi connectivity index (χ0v) is 19.0. The van der Waals surface area contributed by atoms with Crippen molar-refractivity contribution in [2.45, 2.75) is 32.2 Å². The molecule has 172 valence electrons. The Hall–Kier alpha value is -2.86. The molecule has 2 aromatic rings. The van der Waals surface area contributed by atoms with Crippen molar-refractivity contribution >= 4 is 12.0 Å². The minimum absolute atomic E-state index is 0.0659. The molecule has 0 saturated carbocycles. The van der Waals surface area contributed by atoms with Crippen LogP contribution in [0, 0.1) is 11.7 Å². The molecule has 1 N–H and O–H groups in total. The molecule has 32 heavy (non-hydrogen) atoms. The second-order valence-corrected chi connectivity index (χ2v) is 8.21. The summed E-state index contributed by atoms with van der Waals surface area (Å²) in [7, 11) is 3.23. The number of carbonyl (C=O) groups excluding carboxylic acids is 1. The molecule has 5 nitrogen and oxygen atoms in total. The van der Waals surface area contributed by atoms with Crippen LogP contribution in [-0.4, -0.2) is 44.7 Å². The number of nitrogens with one attached hydrogen (secondary N) is 1. The molecule has 1 atom stereocenters. The summed E-state index contributed by atoms with van der Waals surface area (Å²) in [4.78, 5) is 14.8. The molecule has 0 bridgehead atoms. The Morgan fingerprint density at radius 2 is 2.00 bits per heavy atom. The van der Waals surface area contributed by atoms with E-state index in [1.54, 1.807) is 26.4 Å². The largest absolute Gasteiger partial charge is 0.497 e. The Morgan fingerprint density at radius 3 is 2.75 bits per heavy atom. The topological polar surface area (TPSA) is 50.8 Å². The molecule has 1 heterocycles. The number of rotatable bonds is 10. The number of hydrogen-bond acceptors (Lipinski definition) is 4. The van der Waals surface area contributed by atoms with Gasteiger partial charge < -0.3 is 14.8 Å². The van der Waals surface area contributed by atoms with Gasteiger partial charge in [-0.15, -0.1) is 0 Å². The van der Waals surface area contributed by atoms with Crippen LogP contribution in [0.1, 0.15) is 36.8 Å². The van der Waals surface area contributed by atoms with E-state index >= 15 is 0 Å². The fourth-order valence-corrected chi connectivity index (χ4v) is 4.08. The first-order valence-corrected chi connectivity index (χ1v) is 11.2. The zero-order valence-electron chi connectivity index (χ0n) is 19.0. The summed E-state index contributed by atoms with van der Waals surface area (Å²) in [6, 6.07) is 12.1. The summed E-state index contributed by atoms with van der Waals surface area (Å²) < 4.78 is 23.6. The van der Waals surface area contributed by atoms with Crippen LogP contribution in [0.5, 0.6) is 11.5 Å². The van der Waals surface area contributed by atoms with E-state index in [1.165, 1.54) is 12.1 Å². The van der Waals surface area contributed by atoms with Crippen LogP contribution >= 0.6 is 0 Å². The molecule has 0 aromatic heterocycles. The normalized spacial score (nSPS) is 16.8. The summed E-state index contributed by atoms with van der Waals surface area (Å²) in [5, 5.41) is 3.01. The summed E-state index contributed by atoms with van der Waals surface area (Å²) in [6.07, 6.45) is 7.90. The van der Waals surface area contributed by atoms with Crippen LogP contribution in [0.3, 0.4) is 0 Å². The Balaban J connectivity index is 1.39. The van der Waals surface area contributed by atoms with E-state index in [2.05, 4.69) is 16.3 Å². The number of halogens is 1. The molecule has 1 saturated heterocycles. The standard InChI is InChI=1S/C26H33FN2O3/c1-31-24-13-10-22(25(17-24)32-2)18-28-26(30)14-9-21-6-4-16-29(19-21)15-3-5-20-7-11-23(27)12-8-20/h3,5,7-8,10-13,17,21H,4,6,9,14-16,18-19H2,1-2H3,(H,28,30)/b5-3+/t21-/m0/s1. The lowest BCUT2D eigenvalue weighted by Crippen LogP contribution is -2.36. The van der Waals surface area contributed by atoms with E-state index in [-0.39, 0.29) is 11.7 Å². The summed E-state index contributed by atoms with van der Waals surface area (Å²) in [5.74, 6) is 1.82.